The van der Waals surface area contributed by atoms with E-state index in [0.29, 0.717) is 12.1 Å². The highest BCUT2D eigenvalue weighted by Crippen LogP contribution is 2.25. The average molecular weight is 284 g/mol. The van der Waals surface area contributed by atoms with Gasteiger partial charge < -0.3 is 9.72 Å². The summed E-state index contributed by atoms with van der Waals surface area (Å²) in [5.74, 6) is 0. The standard InChI is InChI=1S/C17H24N4/c1-3-10-20(16(7-1)15-6-5-9-18-15)12-14-13-21-11-4-2-8-17(21)19-14/h2,4,8,11,13,15-16,18H,1,3,5-7,9-10,12H2. The van der Waals surface area contributed by atoms with Crippen molar-refractivity contribution < 1.29 is 0 Å². The van der Waals surface area contributed by atoms with Gasteiger partial charge in [0.2, 0.25) is 0 Å². The van der Waals surface area contributed by atoms with Crippen LogP contribution in [0.2, 0.25) is 0 Å². The Morgan fingerprint density at radius 1 is 1.19 bits per heavy atom. The zero-order valence-corrected chi connectivity index (χ0v) is 12.5. The third kappa shape index (κ3) is 2.70. The van der Waals surface area contributed by atoms with E-state index in [1.807, 2.05) is 0 Å². The van der Waals surface area contributed by atoms with Crippen molar-refractivity contribution in [2.75, 3.05) is 13.1 Å². The molecule has 2 aromatic rings. The summed E-state index contributed by atoms with van der Waals surface area (Å²) in [5.41, 5.74) is 2.26. The minimum atomic E-state index is 0.697. The molecule has 2 atom stereocenters. The van der Waals surface area contributed by atoms with Crippen LogP contribution in [0.5, 0.6) is 0 Å². The number of piperidine rings is 1. The van der Waals surface area contributed by atoms with Gasteiger partial charge in [-0.05, 0) is 50.9 Å². The summed E-state index contributed by atoms with van der Waals surface area (Å²) in [7, 11) is 0. The van der Waals surface area contributed by atoms with E-state index < -0.39 is 0 Å². The highest BCUT2D eigenvalue weighted by Gasteiger charge is 2.31. The van der Waals surface area contributed by atoms with E-state index in [1.165, 1.54) is 50.9 Å². The second-order valence-electron chi connectivity index (χ2n) is 6.43. The third-order valence-corrected chi connectivity index (χ3v) is 5.01. The lowest BCUT2D eigenvalue weighted by Crippen LogP contribution is -2.49. The maximum absolute atomic E-state index is 4.77. The SMILES string of the molecule is c1ccn2cc(CN3CCCCC3C3CCCN3)nc2c1. The number of nitrogens with zero attached hydrogens (tertiary/aromatic N) is 3. The van der Waals surface area contributed by atoms with E-state index in [4.69, 9.17) is 4.98 Å². The number of fused-ring (bicyclic) bond motifs is 1. The molecule has 2 aromatic heterocycles. The van der Waals surface area contributed by atoms with Gasteiger partial charge in [-0.2, -0.15) is 0 Å². The predicted molar refractivity (Wildman–Crippen MR) is 84.3 cm³/mol. The van der Waals surface area contributed by atoms with Crippen LogP contribution in [0, 0.1) is 0 Å². The van der Waals surface area contributed by atoms with Gasteiger partial charge in [-0.1, -0.05) is 12.5 Å². The van der Waals surface area contributed by atoms with Crippen LogP contribution >= 0.6 is 0 Å². The van der Waals surface area contributed by atoms with Gasteiger partial charge in [0.25, 0.3) is 0 Å². The number of nitrogens with one attached hydrogen (secondary N) is 1. The number of hydrogen-bond acceptors (Lipinski definition) is 3. The Labute approximate surface area is 126 Å². The fraction of sp³-hybridized carbons (Fsp3) is 0.588. The van der Waals surface area contributed by atoms with Crippen molar-refractivity contribution in [3.8, 4) is 0 Å². The van der Waals surface area contributed by atoms with Crippen LogP contribution in [-0.2, 0) is 6.54 Å². The highest BCUT2D eigenvalue weighted by molar-refractivity contribution is 5.39. The first-order valence-corrected chi connectivity index (χ1v) is 8.30. The molecule has 21 heavy (non-hydrogen) atoms. The molecular weight excluding hydrogens is 260 g/mol. The molecule has 112 valence electrons. The molecule has 0 aliphatic carbocycles. The first-order chi connectivity index (χ1) is 10.4. The molecular formula is C17H24N4. The highest BCUT2D eigenvalue weighted by atomic mass is 15.2. The second kappa shape index (κ2) is 5.78. The van der Waals surface area contributed by atoms with Gasteiger partial charge in [-0.15, -0.1) is 0 Å². The molecule has 0 spiro atoms. The Morgan fingerprint density at radius 3 is 3.05 bits per heavy atom. The number of hydrogen-bond donors (Lipinski definition) is 1. The Hall–Kier alpha value is -1.39. The van der Waals surface area contributed by atoms with Gasteiger partial charge in [0.15, 0.2) is 0 Å². The smallest absolute Gasteiger partial charge is 0.137 e. The molecule has 2 aliphatic rings. The topological polar surface area (TPSA) is 32.6 Å². The summed E-state index contributed by atoms with van der Waals surface area (Å²) in [5, 5.41) is 3.70. The van der Waals surface area contributed by atoms with Crippen LogP contribution in [0.4, 0.5) is 0 Å². The lowest BCUT2D eigenvalue weighted by Gasteiger charge is -2.39. The van der Waals surface area contributed by atoms with Gasteiger partial charge in [0.1, 0.15) is 5.65 Å². The van der Waals surface area contributed by atoms with Gasteiger partial charge >= 0.3 is 0 Å². The van der Waals surface area contributed by atoms with Crippen LogP contribution in [0.3, 0.4) is 0 Å². The van der Waals surface area contributed by atoms with Gasteiger partial charge in [-0.3, -0.25) is 4.90 Å². The summed E-state index contributed by atoms with van der Waals surface area (Å²) in [6, 6.07) is 7.59. The van der Waals surface area contributed by atoms with Gasteiger partial charge in [0, 0.05) is 31.0 Å². The predicted octanol–water partition coefficient (Wildman–Crippen LogP) is 2.44. The number of likely N-dealkylation sites (tertiary alicyclic amines) is 1. The minimum Gasteiger partial charge on any atom is -0.312 e. The molecule has 0 bridgehead atoms. The molecule has 4 heteroatoms. The van der Waals surface area contributed by atoms with Crippen molar-refractivity contribution in [1.29, 1.82) is 0 Å². The molecule has 0 amide bonds. The lowest BCUT2D eigenvalue weighted by atomic mass is 9.94. The largest absolute Gasteiger partial charge is 0.312 e. The number of pyridine rings is 1. The molecule has 4 heterocycles. The second-order valence-corrected chi connectivity index (χ2v) is 6.43. The van der Waals surface area contributed by atoms with Crippen LogP contribution in [0.15, 0.2) is 30.6 Å². The van der Waals surface area contributed by atoms with Crippen LogP contribution < -0.4 is 5.32 Å². The summed E-state index contributed by atoms with van der Waals surface area (Å²) < 4.78 is 2.13. The maximum atomic E-state index is 4.77. The van der Waals surface area contributed by atoms with E-state index in [0.717, 1.165) is 12.2 Å². The minimum absolute atomic E-state index is 0.697. The zero-order valence-electron chi connectivity index (χ0n) is 12.5. The molecule has 2 fully saturated rings. The zero-order chi connectivity index (χ0) is 14.1. The number of aromatic nitrogens is 2. The van der Waals surface area contributed by atoms with E-state index in [9.17, 15) is 0 Å². The van der Waals surface area contributed by atoms with Crippen molar-refractivity contribution in [2.45, 2.75) is 50.7 Å². The van der Waals surface area contributed by atoms with E-state index in [2.05, 4.69) is 45.2 Å². The van der Waals surface area contributed by atoms with Crippen molar-refractivity contribution in [3.05, 3.63) is 36.3 Å². The van der Waals surface area contributed by atoms with Crippen LogP contribution in [-0.4, -0.2) is 39.5 Å². The first-order valence-electron chi connectivity index (χ1n) is 8.30. The Balaban J connectivity index is 1.53. The maximum Gasteiger partial charge on any atom is 0.137 e. The fourth-order valence-corrected chi connectivity index (χ4v) is 3.98. The van der Waals surface area contributed by atoms with Crippen molar-refractivity contribution >= 4 is 5.65 Å². The monoisotopic (exact) mass is 284 g/mol. The number of imidazole rings is 1. The normalized spacial score (nSPS) is 27.4. The van der Waals surface area contributed by atoms with Crippen LogP contribution in [0.25, 0.3) is 5.65 Å². The Bertz CT molecular complexity index is 567. The molecule has 4 nitrogen and oxygen atoms in total. The van der Waals surface area contributed by atoms with Gasteiger partial charge in [-0.25, -0.2) is 4.98 Å². The summed E-state index contributed by atoms with van der Waals surface area (Å²) in [6.45, 7) is 3.41. The Kier molecular flexibility index (Phi) is 3.65. The average Bonchev–Trinajstić information content (AvgIpc) is 3.16. The first kappa shape index (κ1) is 13.3. The molecule has 1 N–H and O–H groups in total. The molecule has 0 saturated carbocycles. The van der Waals surface area contributed by atoms with E-state index >= 15 is 0 Å². The molecule has 0 aromatic carbocycles. The molecule has 2 saturated heterocycles. The van der Waals surface area contributed by atoms with Gasteiger partial charge in [0.05, 0.1) is 5.69 Å². The summed E-state index contributed by atoms with van der Waals surface area (Å²) >= 11 is 0. The van der Waals surface area contributed by atoms with Crippen LogP contribution in [0.1, 0.15) is 37.8 Å². The van der Waals surface area contributed by atoms with Crippen molar-refractivity contribution in [3.63, 3.8) is 0 Å². The summed E-state index contributed by atoms with van der Waals surface area (Å²) in [6.07, 6.45) is 11.0. The van der Waals surface area contributed by atoms with E-state index in [1.54, 1.807) is 0 Å². The number of rotatable bonds is 3. The third-order valence-electron chi connectivity index (χ3n) is 5.01. The van der Waals surface area contributed by atoms with E-state index in [-0.39, 0.29) is 0 Å². The Morgan fingerprint density at radius 2 is 2.19 bits per heavy atom. The summed E-state index contributed by atoms with van der Waals surface area (Å²) in [4.78, 5) is 7.43. The molecule has 0 radical (unpaired) electrons. The molecule has 4 rings (SSSR count). The van der Waals surface area contributed by atoms with Crippen molar-refractivity contribution in [1.82, 2.24) is 19.6 Å². The van der Waals surface area contributed by atoms with Crippen molar-refractivity contribution in [2.24, 2.45) is 0 Å². The molecule has 2 unspecified atom stereocenters. The fourth-order valence-electron chi connectivity index (χ4n) is 3.98. The quantitative estimate of drug-likeness (QED) is 0.939. The molecule has 2 aliphatic heterocycles. The lowest BCUT2D eigenvalue weighted by molar-refractivity contribution is 0.111.